The molecule has 3 heterocycles. The number of aryl methyl sites for hydroxylation is 1. The Labute approximate surface area is 204 Å². The molecule has 0 unspecified atom stereocenters. The molecule has 0 atom stereocenters. The van der Waals surface area contributed by atoms with Crippen molar-refractivity contribution < 1.29 is 14.1 Å². The van der Waals surface area contributed by atoms with Crippen molar-refractivity contribution in [2.45, 2.75) is 26.2 Å². The van der Waals surface area contributed by atoms with Gasteiger partial charge in [-0.3, -0.25) is 4.79 Å². The molecule has 1 saturated heterocycles. The molecule has 1 fully saturated rings. The van der Waals surface area contributed by atoms with Gasteiger partial charge in [-0.05, 0) is 25.0 Å². The minimum absolute atomic E-state index is 0.00911. The first kappa shape index (κ1) is 22.8. The lowest BCUT2D eigenvalue weighted by Gasteiger charge is -2.24. The van der Waals surface area contributed by atoms with E-state index in [2.05, 4.69) is 22.0 Å². The van der Waals surface area contributed by atoms with Gasteiger partial charge in [0.2, 0.25) is 0 Å². The highest BCUT2D eigenvalue weighted by Gasteiger charge is 2.25. The Bertz CT molecular complexity index is 1280. The number of benzene rings is 2. The minimum atomic E-state index is -0.00911. The number of ether oxygens (including phenoxy) is 1. The number of nitrogens with zero attached hydrogens (tertiary/aromatic N) is 5. The molecule has 1 amide bonds. The van der Waals surface area contributed by atoms with Crippen LogP contribution in [-0.2, 0) is 11.2 Å². The van der Waals surface area contributed by atoms with Crippen LogP contribution < -0.4 is 9.64 Å². The number of rotatable bonds is 7. The quantitative estimate of drug-likeness (QED) is 0.396. The first-order valence-corrected chi connectivity index (χ1v) is 12.1. The van der Waals surface area contributed by atoms with Gasteiger partial charge in [-0.15, -0.1) is 0 Å². The number of para-hydroxylation sites is 1. The van der Waals surface area contributed by atoms with Crippen LogP contribution in [-0.4, -0.2) is 58.7 Å². The molecule has 0 N–H and O–H groups in total. The fourth-order valence-corrected chi connectivity index (χ4v) is 4.37. The molecule has 1 aliphatic rings. The smallest absolute Gasteiger partial charge is 0.263 e. The zero-order valence-electron chi connectivity index (χ0n) is 19.9. The van der Waals surface area contributed by atoms with Crippen molar-refractivity contribution in [3.8, 4) is 17.0 Å². The predicted octanol–water partition coefficient (Wildman–Crippen LogP) is 4.36. The third-order valence-corrected chi connectivity index (χ3v) is 6.14. The van der Waals surface area contributed by atoms with Gasteiger partial charge in [0.25, 0.3) is 11.6 Å². The molecule has 2 aromatic carbocycles. The van der Waals surface area contributed by atoms with Crippen LogP contribution >= 0.6 is 0 Å². The summed E-state index contributed by atoms with van der Waals surface area (Å²) in [4.78, 5) is 26.5. The summed E-state index contributed by atoms with van der Waals surface area (Å²) in [7, 11) is 0. The van der Waals surface area contributed by atoms with Crippen molar-refractivity contribution in [1.29, 1.82) is 0 Å². The average molecular weight is 472 g/mol. The van der Waals surface area contributed by atoms with Gasteiger partial charge in [0.15, 0.2) is 6.61 Å². The normalized spacial score (nSPS) is 14.2. The lowest BCUT2D eigenvalue weighted by molar-refractivity contribution is -0.133. The van der Waals surface area contributed by atoms with E-state index in [9.17, 15) is 4.79 Å². The molecular formula is C27H29N5O3. The molecule has 0 radical (unpaired) electrons. The Morgan fingerprint density at radius 2 is 1.74 bits per heavy atom. The first-order valence-electron chi connectivity index (χ1n) is 12.1. The van der Waals surface area contributed by atoms with Gasteiger partial charge in [0.1, 0.15) is 28.5 Å². The molecule has 0 spiro atoms. The Kier molecular flexibility index (Phi) is 6.88. The standard InChI is InChI=1S/C27H29N5O3/c1-2-10-22-28-26(24-25(30-35-27(24)29-22)20-11-5-3-6-12-20)32-16-9-15-31(17-18-32)23(33)19-34-21-13-7-4-8-14-21/h3-8,11-14H,2,9-10,15-19H2,1H3. The molecule has 180 valence electrons. The number of fused-ring (bicyclic) bond motifs is 1. The first-order chi connectivity index (χ1) is 17.2. The molecular weight excluding hydrogens is 442 g/mol. The number of hydrogen-bond acceptors (Lipinski definition) is 7. The number of carbonyl (C=O) groups is 1. The van der Waals surface area contributed by atoms with Crippen LogP contribution in [0.25, 0.3) is 22.4 Å². The second-order valence-corrected chi connectivity index (χ2v) is 8.61. The molecule has 0 saturated carbocycles. The van der Waals surface area contributed by atoms with E-state index in [0.717, 1.165) is 54.1 Å². The van der Waals surface area contributed by atoms with Crippen LogP contribution in [0.15, 0.2) is 65.2 Å². The van der Waals surface area contributed by atoms with Crippen molar-refractivity contribution in [2.75, 3.05) is 37.7 Å². The van der Waals surface area contributed by atoms with Crippen molar-refractivity contribution >= 4 is 22.8 Å². The maximum atomic E-state index is 12.8. The highest BCUT2D eigenvalue weighted by atomic mass is 16.5. The van der Waals surface area contributed by atoms with Crippen LogP contribution in [0, 0.1) is 0 Å². The SMILES string of the molecule is CCCc1nc(N2CCCN(C(=O)COc3ccccc3)CC2)c2c(-c3ccccc3)noc2n1. The second kappa shape index (κ2) is 10.5. The maximum Gasteiger partial charge on any atom is 0.263 e. The average Bonchev–Trinajstić information content (AvgIpc) is 3.17. The topological polar surface area (TPSA) is 84.6 Å². The second-order valence-electron chi connectivity index (χ2n) is 8.61. The van der Waals surface area contributed by atoms with Crippen LogP contribution in [0.5, 0.6) is 5.75 Å². The number of aromatic nitrogens is 3. The third kappa shape index (κ3) is 5.11. The molecule has 0 bridgehead atoms. The lowest BCUT2D eigenvalue weighted by Crippen LogP contribution is -2.38. The summed E-state index contributed by atoms with van der Waals surface area (Å²) in [5.41, 5.74) is 2.21. The van der Waals surface area contributed by atoms with E-state index in [0.29, 0.717) is 31.1 Å². The molecule has 2 aromatic heterocycles. The minimum Gasteiger partial charge on any atom is -0.484 e. The predicted molar refractivity (Wildman–Crippen MR) is 134 cm³/mol. The Hall–Kier alpha value is -3.94. The fourth-order valence-electron chi connectivity index (χ4n) is 4.37. The van der Waals surface area contributed by atoms with Gasteiger partial charge in [0.05, 0.1) is 0 Å². The molecule has 1 aliphatic heterocycles. The van der Waals surface area contributed by atoms with Gasteiger partial charge in [-0.2, -0.15) is 4.98 Å². The van der Waals surface area contributed by atoms with Gasteiger partial charge in [-0.1, -0.05) is 60.6 Å². The van der Waals surface area contributed by atoms with E-state index in [4.69, 9.17) is 14.2 Å². The van der Waals surface area contributed by atoms with Crippen LogP contribution in [0.3, 0.4) is 0 Å². The van der Waals surface area contributed by atoms with Crippen LogP contribution in [0.2, 0.25) is 0 Å². The number of carbonyl (C=O) groups excluding carboxylic acids is 1. The van der Waals surface area contributed by atoms with Gasteiger partial charge in [0, 0.05) is 38.2 Å². The highest BCUT2D eigenvalue weighted by molar-refractivity contribution is 5.98. The van der Waals surface area contributed by atoms with Crippen molar-refractivity contribution in [2.24, 2.45) is 0 Å². The molecule has 5 rings (SSSR count). The lowest BCUT2D eigenvalue weighted by atomic mass is 10.1. The van der Waals surface area contributed by atoms with Crippen molar-refractivity contribution in [1.82, 2.24) is 20.0 Å². The maximum absolute atomic E-state index is 12.8. The molecule has 4 aromatic rings. The summed E-state index contributed by atoms with van der Waals surface area (Å²) < 4.78 is 11.4. The summed E-state index contributed by atoms with van der Waals surface area (Å²) in [6, 6.07) is 19.4. The molecule has 0 aliphatic carbocycles. The van der Waals surface area contributed by atoms with Gasteiger partial charge < -0.3 is 19.1 Å². The van der Waals surface area contributed by atoms with Crippen molar-refractivity contribution in [3.63, 3.8) is 0 Å². The van der Waals surface area contributed by atoms with Crippen LogP contribution in [0.1, 0.15) is 25.6 Å². The summed E-state index contributed by atoms with van der Waals surface area (Å²) >= 11 is 0. The monoisotopic (exact) mass is 471 g/mol. The third-order valence-electron chi connectivity index (χ3n) is 6.14. The summed E-state index contributed by atoms with van der Waals surface area (Å²) in [6.45, 7) is 4.85. The van der Waals surface area contributed by atoms with E-state index in [1.54, 1.807) is 0 Å². The van der Waals surface area contributed by atoms with E-state index < -0.39 is 0 Å². The van der Waals surface area contributed by atoms with Gasteiger partial charge in [-0.25, -0.2) is 4.98 Å². The number of amides is 1. The summed E-state index contributed by atoms with van der Waals surface area (Å²) in [6.07, 6.45) is 2.53. The Morgan fingerprint density at radius 3 is 2.51 bits per heavy atom. The number of anilines is 1. The van der Waals surface area contributed by atoms with Gasteiger partial charge >= 0.3 is 0 Å². The van der Waals surface area contributed by atoms with Crippen LogP contribution in [0.4, 0.5) is 5.82 Å². The zero-order chi connectivity index (χ0) is 24.0. The Balaban J connectivity index is 1.38. The zero-order valence-corrected chi connectivity index (χ0v) is 19.9. The van der Waals surface area contributed by atoms with Crippen molar-refractivity contribution in [3.05, 3.63) is 66.5 Å². The molecule has 8 heteroatoms. The fraction of sp³-hybridized carbons (Fsp3) is 0.333. The van der Waals surface area contributed by atoms with E-state index >= 15 is 0 Å². The summed E-state index contributed by atoms with van der Waals surface area (Å²) in [5.74, 6) is 2.27. The Morgan fingerprint density at radius 1 is 0.971 bits per heavy atom. The molecule has 35 heavy (non-hydrogen) atoms. The highest BCUT2D eigenvalue weighted by Crippen LogP contribution is 2.34. The largest absolute Gasteiger partial charge is 0.484 e. The van der Waals surface area contributed by atoms with E-state index in [1.807, 2.05) is 65.6 Å². The molecule has 8 nitrogen and oxygen atoms in total. The number of hydrogen-bond donors (Lipinski definition) is 0. The summed E-state index contributed by atoms with van der Waals surface area (Å²) in [5, 5.41) is 5.18. The van der Waals surface area contributed by atoms with E-state index in [-0.39, 0.29) is 12.5 Å². The van der Waals surface area contributed by atoms with E-state index in [1.165, 1.54) is 0 Å².